The maximum atomic E-state index is 5.60. The largest absolute Gasteiger partial charge is 0.278 e. The zero-order chi connectivity index (χ0) is 32.5. The number of rotatable bonds is 2. The predicted octanol–water partition coefficient (Wildman–Crippen LogP) is 12.7. The molecule has 0 aliphatic heterocycles. The Bertz CT molecular complexity index is 3180. The first-order valence-electron chi connectivity index (χ1n) is 17.0. The van der Waals surface area contributed by atoms with E-state index in [1.54, 1.807) is 0 Å². The van der Waals surface area contributed by atoms with Gasteiger partial charge in [0.2, 0.25) is 5.95 Å². The van der Waals surface area contributed by atoms with E-state index in [4.69, 9.17) is 9.97 Å². The molecule has 0 unspecified atom stereocenters. The molecule has 1 aliphatic rings. The van der Waals surface area contributed by atoms with Crippen LogP contribution in [-0.4, -0.2) is 14.5 Å². The van der Waals surface area contributed by atoms with Gasteiger partial charge in [-0.1, -0.05) is 121 Å². The number of aromatic nitrogens is 3. The summed E-state index contributed by atoms with van der Waals surface area (Å²) in [6.07, 6.45) is 0. The van der Waals surface area contributed by atoms with Gasteiger partial charge in [0.1, 0.15) is 0 Å². The minimum Gasteiger partial charge on any atom is -0.278 e. The van der Waals surface area contributed by atoms with Gasteiger partial charge in [-0.15, -0.1) is 11.3 Å². The van der Waals surface area contributed by atoms with Crippen molar-refractivity contribution in [1.82, 2.24) is 14.5 Å². The molecular weight excluding hydrogens is 627 g/mol. The summed E-state index contributed by atoms with van der Waals surface area (Å²) < 4.78 is 4.85. The zero-order valence-electron chi connectivity index (χ0n) is 26.7. The third kappa shape index (κ3) is 3.38. The van der Waals surface area contributed by atoms with Crippen LogP contribution in [0.5, 0.6) is 0 Å². The molecule has 3 aromatic heterocycles. The Morgan fingerprint density at radius 2 is 0.960 bits per heavy atom. The zero-order valence-corrected chi connectivity index (χ0v) is 27.5. The van der Waals surface area contributed by atoms with Crippen LogP contribution in [-0.2, 0) is 0 Å². The molecule has 3 heterocycles. The SMILES string of the molecule is c1cc2c3c(cccc3c1)-c1cccc3c1c1c-2cccc1n3-c1nc(-c2cccc3sc4ccccc4c23)c2ccc3ccccc3c2n1. The molecular formula is C46H25N3S. The number of fused-ring (bicyclic) bond motifs is 8. The summed E-state index contributed by atoms with van der Waals surface area (Å²) in [6, 6.07) is 55.1. The van der Waals surface area contributed by atoms with E-state index in [9.17, 15) is 0 Å². The number of thiophene rings is 1. The Labute approximate surface area is 290 Å². The molecule has 0 amide bonds. The first-order valence-corrected chi connectivity index (χ1v) is 17.8. The molecule has 8 aromatic carbocycles. The third-order valence-electron chi connectivity index (χ3n) is 10.7. The van der Waals surface area contributed by atoms with Gasteiger partial charge < -0.3 is 0 Å². The van der Waals surface area contributed by atoms with Crippen molar-refractivity contribution in [2.45, 2.75) is 0 Å². The van der Waals surface area contributed by atoms with Crippen molar-refractivity contribution < 1.29 is 0 Å². The van der Waals surface area contributed by atoms with Gasteiger partial charge in [-0.2, -0.15) is 0 Å². The van der Waals surface area contributed by atoms with Crippen LogP contribution in [0.1, 0.15) is 0 Å². The van der Waals surface area contributed by atoms with E-state index >= 15 is 0 Å². The van der Waals surface area contributed by atoms with Crippen molar-refractivity contribution in [3.8, 4) is 39.5 Å². The molecule has 0 fully saturated rings. The van der Waals surface area contributed by atoms with E-state index in [0.29, 0.717) is 5.95 Å². The summed E-state index contributed by atoms with van der Waals surface area (Å²) in [6.45, 7) is 0. The second kappa shape index (κ2) is 9.63. The topological polar surface area (TPSA) is 30.7 Å². The van der Waals surface area contributed by atoms with E-state index in [2.05, 4.69) is 156 Å². The van der Waals surface area contributed by atoms with Crippen LogP contribution in [0, 0.1) is 0 Å². The van der Waals surface area contributed by atoms with Gasteiger partial charge in [-0.3, -0.25) is 4.57 Å². The average Bonchev–Trinajstić information content (AvgIpc) is 3.69. The van der Waals surface area contributed by atoms with Crippen molar-refractivity contribution >= 4 is 85.8 Å². The van der Waals surface area contributed by atoms with Crippen molar-refractivity contribution in [3.63, 3.8) is 0 Å². The Morgan fingerprint density at radius 1 is 0.380 bits per heavy atom. The minimum absolute atomic E-state index is 0.682. The van der Waals surface area contributed by atoms with Crippen molar-refractivity contribution in [2.24, 2.45) is 0 Å². The van der Waals surface area contributed by atoms with Gasteiger partial charge in [-0.05, 0) is 68.7 Å². The van der Waals surface area contributed by atoms with Gasteiger partial charge in [0, 0.05) is 47.3 Å². The van der Waals surface area contributed by atoms with Crippen LogP contribution < -0.4 is 0 Å². The molecule has 0 N–H and O–H groups in total. The molecule has 0 bridgehead atoms. The molecule has 0 radical (unpaired) electrons. The summed E-state index contributed by atoms with van der Waals surface area (Å²) in [5, 5.41) is 10.9. The van der Waals surface area contributed by atoms with Crippen molar-refractivity contribution in [2.75, 3.05) is 0 Å². The molecule has 50 heavy (non-hydrogen) atoms. The standard InChI is InChI=1S/C46H25N3S/c1-2-13-28-26(10-1)24-25-35-44(28)47-46(48-45(35)34-19-9-23-39-41(34)33-14-3-4-22-38(33)50-39)49-36-20-7-17-31-29-15-5-11-27-12-6-16-30(40(27)29)32-18-8-21-37(49)43(32)42(31)36/h1-25H. The highest BCUT2D eigenvalue weighted by molar-refractivity contribution is 7.25. The number of hydrogen-bond donors (Lipinski definition) is 0. The summed E-state index contributed by atoms with van der Waals surface area (Å²) >= 11 is 1.84. The van der Waals surface area contributed by atoms with Crippen LogP contribution in [0.3, 0.4) is 0 Å². The number of benzene rings is 8. The molecule has 11 aromatic rings. The maximum absolute atomic E-state index is 5.60. The maximum Gasteiger partial charge on any atom is 0.235 e. The van der Waals surface area contributed by atoms with Crippen molar-refractivity contribution in [1.29, 1.82) is 0 Å². The molecule has 12 rings (SSSR count). The molecule has 0 saturated carbocycles. The quantitative estimate of drug-likeness (QED) is 0.174. The Morgan fingerprint density at radius 3 is 1.72 bits per heavy atom. The van der Waals surface area contributed by atoms with E-state index in [0.717, 1.165) is 38.6 Å². The summed E-state index contributed by atoms with van der Waals surface area (Å²) in [5.41, 5.74) is 10.3. The fourth-order valence-corrected chi connectivity index (χ4v) is 9.82. The van der Waals surface area contributed by atoms with E-state index in [-0.39, 0.29) is 0 Å². The van der Waals surface area contributed by atoms with Crippen LogP contribution in [0.15, 0.2) is 152 Å². The molecule has 0 atom stereocenters. The third-order valence-corrected chi connectivity index (χ3v) is 11.9. The molecule has 230 valence electrons. The lowest BCUT2D eigenvalue weighted by Gasteiger charge is -2.15. The predicted molar refractivity (Wildman–Crippen MR) is 212 cm³/mol. The van der Waals surface area contributed by atoms with E-state index in [1.807, 2.05) is 11.3 Å². The fourth-order valence-electron chi connectivity index (χ4n) is 8.69. The highest BCUT2D eigenvalue weighted by Gasteiger charge is 2.26. The highest BCUT2D eigenvalue weighted by Crippen LogP contribution is 2.50. The molecule has 1 aliphatic carbocycles. The first kappa shape index (κ1) is 26.6. The lowest BCUT2D eigenvalue weighted by Crippen LogP contribution is -2.04. The number of hydrogen-bond acceptors (Lipinski definition) is 3. The van der Waals surface area contributed by atoms with Gasteiger partial charge in [0.15, 0.2) is 0 Å². The second-order valence-electron chi connectivity index (χ2n) is 13.3. The summed E-state index contributed by atoms with van der Waals surface area (Å²) in [5.74, 6) is 0.682. The molecule has 0 saturated heterocycles. The monoisotopic (exact) mass is 651 g/mol. The molecule has 3 nitrogen and oxygen atoms in total. The van der Waals surface area contributed by atoms with Crippen LogP contribution in [0.2, 0.25) is 0 Å². The number of nitrogens with zero attached hydrogens (tertiary/aromatic N) is 3. The average molecular weight is 652 g/mol. The Kier molecular flexibility index (Phi) is 5.12. The van der Waals surface area contributed by atoms with Crippen molar-refractivity contribution in [3.05, 3.63) is 152 Å². The van der Waals surface area contributed by atoms with E-state index < -0.39 is 0 Å². The summed E-state index contributed by atoms with van der Waals surface area (Å²) in [7, 11) is 0. The molecule has 0 spiro atoms. The van der Waals surface area contributed by atoms with Gasteiger partial charge in [0.05, 0.1) is 22.2 Å². The first-order chi connectivity index (χ1) is 24.8. The fraction of sp³-hybridized carbons (Fsp3) is 0. The summed E-state index contributed by atoms with van der Waals surface area (Å²) in [4.78, 5) is 11.1. The highest BCUT2D eigenvalue weighted by atomic mass is 32.1. The van der Waals surface area contributed by atoms with E-state index in [1.165, 1.54) is 69.4 Å². The lowest BCUT2D eigenvalue weighted by molar-refractivity contribution is 1.02. The lowest BCUT2D eigenvalue weighted by atomic mass is 9.93. The van der Waals surface area contributed by atoms with Gasteiger partial charge in [0.25, 0.3) is 0 Å². The van der Waals surface area contributed by atoms with Crippen LogP contribution in [0.25, 0.3) is 114 Å². The van der Waals surface area contributed by atoms with Gasteiger partial charge in [-0.25, -0.2) is 9.97 Å². The second-order valence-corrected chi connectivity index (χ2v) is 14.4. The minimum atomic E-state index is 0.682. The van der Waals surface area contributed by atoms with Crippen LogP contribution >= 0.6 is 11.3 Å². The Balaban J connectivity index is 1.26. The Hall–Kier alpha value is -6.36. The molecule has 4 heteroatoms. The smallest absolute Gasteiger partial charge is 0.235 e. The normalized spacial score (nSPS) is 12.4. The van der Waals surface area contributed by atoms with Crippen LogP contribution in [0.4, 0.5) is 0 Å². The van der Waals surface area contributed by atoms with Gasteiger partial charge >= 0.3 is 0 Å².